The average molecular weight is 440 g/mol. The second kappa shape index (κ2) is 9.19. The molecule has 1 aromatic heterocycles. The lowest BCUT2D eigenvalue weighted by Crippen LogP contribution is -2.30. The van der Waals surface area contributed by atoms with Crippen LogP contribution in [-0.4, -0.2) is 16.4 Å². The molecule has 6 heteroatoms. The van der Waals surface area contributed by atoms with Crippen LogP contribution in [0.1, 0.15) is 27.9 Å². The number of pyridine rings is 1. The van der Waals surface area contributed by atoms with Gasteiger partial charge in [0, 0.05) is 37.5 Å². The van der Waals surface area contributed by atoms with Gasteiger partial charge in [0.2, 0.25) is 0 Å². The van der Waals surface area contributed by atoms with Gasteiger partial charge in [-0.3, -0.25) is 4.90 Å². The second-order valence-electron chi connectivity index (χ2n) is 7.04. The molecule has 0 saturated carbocycles. The molecular weight excluding hydrogens is 421 g/mol. The highest BCUT2D eigenvalue weighted by molar-refractivity contribution is 7.98. The normalized spacial score (nSPS) is 13.7. The van der Waals surface area contributed by atoms with Crippen molar-refractivity contribution in [1.29, 1.82) is 5.26 Å². The number of nitriles is 1. The number of benzene rings is 2. The van der Waals surface area contributed by atoms with Crippen molar-refractivity contribution in [3.8, 4) is 6.07 Å². The SMILES string of the molecule is N#Cc1cc2c(nc1SCc1ccc(Cl)c(Cl)c1)CCN(Cc1ccccc1)C2. The van der Waals surface area contributed by atoms with Crippen LogP contribution in [0.5, 0.6) is 0 Å². The fourth-order valence-corrected chi connectivity index (χ4v) is 4.70. The van der Waals surface area contributed by atoms with Gasteiger partial charge in [0.1, 0.15) is 11.1 Å². The zero-order valence-corrected chi connectivity index (χ0v) is 18.1. The summed E-state index contributed by atoms with van der Waals surface area (Å²) in [4.78, 5) is 7.24. The van der Waals surface area contributed by atoms with Crippen molar-refractivity contribution < 1.29 is 0 Å². The highest BCUT2D eigenvalue weighted by atomic mass is 35.5. The topological polar surface area (TPSA) is 39.9 Å². The van der Waals surface area contributed by atoms with Crippen molar-refractivity contribution in [2.45, 2.75) is 30.3 Å². The molecule has 2 heterocycles. The highest BCUT2D eigenvalue weighted by Gasteiger charge is 2.20. The molecule has 1 aliphatic heterocycles. The van der Waals surface area contributed by atoms with Crippen LogP contribution in [0.2, 0.25) is 10.0 Å². The number of nitrogens with zero attached hydrogens (tertiary/aromatic N) is 3. The van der Waals surface area contributed by atoms with E-state index in [1.54, 1.807) is 17.8 Å². The Balaban J connectivity index is 1.48. The molecule has 3 aromatic rings. The third-order valence-electron chi connectivity index (χ3n) is 4.94. The van der Waals surface area contributed by atoms with Crippen LogP contribution in [0, 0.1) is 11.3 Å². The van der Waals surface area contributed by atoms with Gasteiger partial charge < -0.3 is 0 Å². The van der Waals surface area contributed by atoms with E-state index in [-0.39, 0.29) is 0 Å². The number of halogens is 2. The van der Waals surface area contributed by atoms with Crippen molar-refractivity contribution in [3.63, 3.8) is 0 Å². The molecule has 3 nitrogen and oxygen atoms in total. The summed E-state index contributed by atoms with van der Waals surface area (Å²) in [5, 5.41) is 11.5. The van der Waals surface area contributed by atoms with Gasteiger partial charge in [-0.15, -0.1) is 11.8 Å². The van der Waals surface area contributed by atoms with Gasteiger partial charge in [-0.1, -0.05) is 59.6 Å². The van der Waals surface area contributed by atoms with Crippen LogP contribution >= 0.6 is 35.0 Å². The highest BCUT2D eigenvalue weighted by Crippen LogP contribution is 2.30. The van der Waals surface area contributed by atoms with Gasteiger partial charge >= 0.3 is 0 Å². The zero-order valence-electron chi connectivity index (χ0n) is 15.7. The fourth-order valence-electron chi connectivity index (χ4n) is 3.46. The van der Waals surface area contributed by atoms with E-state index in [1.807, 2.05) is 24.3 Å². The van der Waals surface area contributed by atoms with Gasteiger partial charge in [0.25, 0.3) is 0 Å². The number of thioether (sulfide) groups is 1. The minimum absolute atomic E-state index is 0.544. The predicted octanol–water partition coefficient (Wildman–Crippen LogP) is 6.11. The summed E-state index contributed by atoms with van der Waals surface area (Å²) in [5.41, 5.74) is 5.25. The summed E-state index contributed by atoms with van der Waals surface area (Å²) < 4.78 is 0. The molecule has 0 radical (unpaired) electrons. The van der Waals surface area contributed by atoms with Crippen molar-refractivity contribution in [3.05, 3.63) is 92.6 Å². The second-order valence-corrected chi connectivity index (χ2v) is 8.82. The Morgan fingerprint density at radius 2 is 1.86 bits per heavy atom. The van der Waals surface area contributed by atoms with Crippen LogP contribution in [0.3, 0.4) is 0 Å². The minimum Gasteiger partial charge on any atom is -0.294 e. The molecule has 0 fully saturated rings. The molecule has 4 rings (SSSR count). The van der Waals surface area contributed by atoms with Crippen LogP contribution < -0.4 is 0 Å². The largest absolute Gasteiger partial charge is 0.294 e. The van der Waals surface area contributed by atoms with Gasteiger partial charge in [-0.25, -0.2) is 4.98 Å². The van der Waals surface area contributed by atoms with E-state index in [9.17, 15) is 5.26 Å². The van der Waals surface area contributed by atoms with Gasteiger partial charge in [0.15, 0.2) is 0 Å². The molecule has 0 amide bonds. The first kappa shape index (κ1) is 20.3. The number of hydrogen-bond acceptors (Lipinski definition) is 4. The van der Waals surface area contributed by atoms with Crippen LogP contribution in [0.4, 0.5) is 0 Å². The Hall–Kier alpha value is -2.03. The maximum absolute atomic E-state index is 9.64. The van der Waals surface area contributed by atoms with Gasteiger partial charge in [0.05, 0.1) is 15.6 Å². The smallest absolute Gasteiger partial charge is 0.114 e. The molecule has 0 saturated heterocycles. The van der Waals surface area contributed by atoms with E-state index in [0.29, 0.717) is 21.4 Å². The zero-order chi connectivity index (χ0) is 20.2. The van der Waals surface area contributed by atoms with E-state index in [2.05, 4.69) is 35.2 Å². The van der Waals surface area contributed by atoms with Crippen LogP contribution in [-0.2, 0) is 25.3 Å². The maximum atomic E-state index is 9.64. The van der Waals surface area contributed by atoms with Crippen molar-refractivity contribution in [2.75, 3.05) is 6.54 Å². The molecule has 146 valence electrons. The first-order valence-electron chi connectivity index (χ1n) is 9.38. The van der Waals surface area contributed by atoms with Gasteiger partial charge in [-0.2, -0.15) is 5.26 Å². The summed E-state index contributed by atoms with van der Waals surface area (Å²) >= 11 is 13.7. The molecule has 2 aromatic carbocycles. The summed E-state index contributed by atoms with van der Waals surface area (Å²) in [6.07, 6.45) is 0.897. The Kier molecular flexibility index (Phi) is 6.42. The molecule has 0 atom stereocenters. The van der Waals surface area contributed by atoms with Crippen molar-refractivity contribution in [2.24, 2.45) is 0 Å². The lowest BCUT2D eigenvalue weighted by Gasteiger charge is -2.28. The summed E-state index contributed by atoms with van der Waals surface area (Å²) in [7, 11) is 0. The van der Waals surface area contributed by atoms with E-state index in [1.165, 1.54) is 5.56 Å². The number of aromatic nitrogens is 1. The first-order chi connectivity index (χ1) is 14.1. The lowest BCUT2D eigenvalue weighted by atomic mass is 10.0. The number of rotatable bonds is 5. The van der Waals surface area contributed by atoms with E-state index in [4.69, 9.17) is 28.2 Å². The van der Waals surface area contributed by atoms with E-state index < -0.39 is 0 Å². The molecule has 1 aliphatic rings. The quantitative estimate of drug-likeness (QED) is 0.449. The summed E-state index contributed by atoms with van der Waals surface area (Å²) in [5.74, 6) is 0.692. The Morgan fingerprint density at radius 3 is 2.62 bits per heavy atom. The Morgan fingerprint density at radius 1 is 1.03 bits per heavy atom. The van der Waals surface area contributed by atoms with E-state index >= 15 is 0 Å². The number of hydrogen-bond donors (Lipinski definition) is 0. The molecule has 0 bridgehead atoms. The predicted molar refractivity (Wildman–Crippen MR) is 119 cm³/mol. The lowest BCUT2D eigenvalue weighted by molar-refractivity contribution is 0.243. The molecular formula is C23H19Cl2N3S. The molecule has 0 N–H and O–H groups in total. The van der Waals surface area contributed by atoms with Crippen LogP contribution in [0.25, 0.3) is 0 Å². The third-order valence-corrected chi connectivity index (χ3v) is 6.75. The Labute approximate surface area is 185 Å². The first-order valence-corrected chi connectivity index (χ1v) is 11.1. The maximum Gasteiger partial charge on any atom is 0.114 e. The van der Waals surface area contributed by atoms with Crippen molar-refractivity contribution in [1.82, 2.24) is 9.88 Å². The summed E-state index contributed by atoms with van der Waals surface area (Å²) in [6, 6.07) is 20.4. The molecule has 0 spiro atoms. The monoisotopic (exact) mass is 439 g/mol. The van der Waals surface area contributed by atoms with E-state index in [0.717, 1.165) is 47.9 Å². The molecule has 0 aliphatic carbocycles. The molecule has 0 unspecified atom stereocenters. The number of fused-ring (bicyclic) bond motifs is 1. The van der Waals surface area contributed by atoms with Crippen LogP contribution in [0.15, 0.2) is 59.6 Å². The van der Waals surface area contributed by atoms with Gasteiger partial charge in [-0.05, 0) is 34.9 Å². The Bertz CT molecular complexity index is 1060. The average Bonchev–Trinajstić information content (AvgIpc) is 2.74. The molecule has 29 heavy (non-hydrogen) atoms. The minimum atomic E-state index is 0.544. The van der Waals surface area contributed by atoms with Crippen molar-refractivity contribution >= 4 is 35.0 Å². The standard InChI is InChI=1S/C23H19Cl2N3S/c24-20-7-6-17(10-21(20)25)15-29-23-18(12-26)11-19-14-28(9-8-22(19)27-23)13-16-4-2-1-3-5-16/h1-7,10-11H,8-9,13-15H2. The summed E-state index contributed by atoms with van der Waals surface area (Å²) in [6.45, 7) is 2.71. The third kappa shape index (κ3) is 4.94. The fraction of sp³-hybridized carbons (Fsp3) is 0.217.